The number of carbonyl (C=O) groups is 1. The molecular weight excluding hydrogens is 285 g/mol. The first-order valence-corrected chi connectivity index (χ1v) is 7.02. The number of imidazole rings is 1. The molecule has 1 aliphatic rings. The van der Waals surface area contributed by atoms with Gasteiger partial charge in [0.2, 0.25) is 0 Å². The summed E-state index contributed by atoms with van der Waals surface area (Å²) in [4.78, 5) is 16.7. The number of aryl methyl sites for hydroxylation is 1. The van der Waals surface area contributed by atoms with Crippen LogP contribution >= 0.6 is 0 Å². The number of hydrogen-bond donors (Lipinski definition) is 0. The zero-order chi connectivity index (χ0) is 15.7. The Hall–Kier alpha value is -2.68. The number of hydrogen-bond acceptors (Lipinski definition) is 4. The smallest absolute Gasteiger partial charge is 0.337 e. The van der Waals surface area contributed by atoms with Crippen LogP contribution in [0.4, 0.5) is 4.39 Å². The Morgan fingerprint density at radius 2 is 2.41 bits per heavy atom. The minimum Gasteiger partial charge on any atom is -0.464 e. The van der Waals surface area contributed by atoms with Gasteiger partial charge in [-0.15, -0.1) is 0 Å². The number of rotatable bonds is 3. The number of fused-ring (bicyclic) bond motifs is 1. The lowest BCUT2D eigenvalue weighted by Crippen LogP contribution is -2.42. The molecule has 1 aromatic carbocycles. The molecule has 5 nitrogen and oxygen atoms in total. The van der Waals surface area contributed by atoms with Crippen LogP contribution in [0.1, 0.15) is 30.2 Å². The van der Waals surface area contributed by atoms with E-state index in [4.69, 9.17) is 10.00 Å². The van der Waals surface area contributed by atoms with Crippen molar-refractivity contribution >= 4 is 5.97 Å². The Labute approximate surface area is 127 Å². The third-order valence-corrected chi connectivity index (χ3v) is 4.03. The van der Waals surface area contributed by atoms with Crippen molar-refractivity contribution in [2.45, 2.75) is 25.3 Å². The molecule has 1 atom stereocenters. The molecule has 112 valence electrons. The van der Waals surface area contributed by atoms with E-state index in [9.17, 15) is 9.18 Å². The molecule has 2 aromatic rings. The summed E-state index contributed by atoms with van der Waals surface area (Å²) in [5.74, 6) is -1.09. The molecule has 0 bridgehead atoms. The van der Waals surface area contributed by atoms with Crippen molar-refractivity contribution in [1.82, 2.24) is 9.55 Å². The SMILES string of the molecule is CCOC(=O)C1(c2ccc(C#N)cc2F)CCc2cncn21. The molecule has 0 fully saturated rings. The van der Waals surface area contributed by atoms with Crippen LogP contribution in [-0.2, 0) is 21.5 Å². The molecule has 3 rings (SSSR count). The van der Waals surface area contributed by atoms with Crippen LogP contribution in [0.3, 0.4) is 0 Å². The fraction of sp³-hybridized carbons (Fsp3) is 0.312. The van der Waals surface area contributed by atoms with Crippen molar-refractivity contribution in [3.8, 4) is 6.07 Å². The molecule has 6 heteroatoms. The molecule has 0 saturated carbocycles. The van der Waals surface area contributed by atoms with Gasteiger partial charge in [-0.25, -0.2) is 14.2 Å². The van der Waals surface area contributed by atoms with E-state index >= 15 is 0 Å². The highest BCUT2D eigenvalue weighted by molar-refractivity contribution is 5.84. The van der Waals surface area contributed by atoms with E-state index in [1.165, 1.54) is 18.5 Å². The zero-order valence-electron chi connectivity index (χ0n) is 12.0. The van der Waals surface area contributed by atoms with Gasteiger partial charge >= 0.3 is 5.97 Å². The van der Waals surface area contributed by atoms with Gasteiger partial charge in [0, 0.05) is 17.5 Å². The number of carbonyl (C=O) groups excluding carboxylic acids is 1. The molecule has 0 amide bonds. The van der Waals surface area contributed by atoms with Gasteiger partial charge in [-0.3, -0.25) is 0 Å². The van der Waals surface area contributed by atoms with Gasteiger partial charge in [-0.05, 0) is 31.9 Å². The number of ether oxygens (including phenoxy) is 1. The molecule has 1 aromatic heterocycles. The second-order valence-corrected chi connectivity index (χ2v) is 5.14. The topological polar surface area (TPSA) is 67.9 Å². The monoisotopic (exact) mass is 299 g/mol. The second kappa shape index (κ2) is 5.26. The van der Waals surface area contributed by atoms with Crippen LogP contribution < -0.4 is 0 Å². The van der Waals surface area contributed by atoms with Gasteiger partial charge in [0.1, 0.15) is 5.82 Å². The normalized spacial score (nSPS) is 19.5. The van der Waals surface area contributed by atoms with Gasteiger partial charge in [-0.2, -0.15) is 5.26 Å². The summed E-state index contributed by atoms with van der Waals surface area (Å²) in [6.45, 7) is 1.92. The van der Waals surface area contributed by atoms with Gasteiger partial charge in [0.05, 0.1) is 24.6 Å². The summed E-state index contributed by atoms with van der Waals surface area (Å²) in [6.07, 6.45) is 4.21. The summed E-state index contributed by atoms with van der Waals surface area (Å²) in [5.41, 5.74) is 0.0301. The van der Waals surface area contributed by atoms with E-state index in [1.807, 2.05) is 6.07 Å². The molecule has 1 aliphatic heterocycles. The summed E-state index contributed by atoms with van der Waals surface area (Å²) in [5, 5.41) is 8.88. The summed E-state index contributed by atoms with van der Waals surface area (Å²) in [6, 6.07) is 6.03. The number of nitriles is 1. The third-order valence-electron chi connectivity index (χ3n) is 4.03. The first-order chi connectivity index (χ1) is 10.6. The largest absolute Gasteiger partial charge is 0.464 e. The predicted octanol–water partition coefficient (Wildman–Crippen LogP) is 2.15. The molecule has 0 radical (unpaired) electrons. The molecule has 0 aliphatic carbocycles. The quantitative estimate of drug-likeness (QED) is 0.814. The fourth-order valence-corrected chi connectivity index (χ4v) is 3.03. The third kappa shape index (κ3) is 1.90. The summed E-state index contributed by atoms with van der Waals surface area (Å²) in [7, 11) is 0. The van der Waals surface area contributed by atoms with Gasteiger partial charge in [0.25, 0.3) is 0 Å². The number of aromatic nitrogens is 2. The highest BCUT2D eigenvalue weighted by Gasteiger charge is 2.49. The maximum atomic E-state index is 14.5. The maximum absolute atomic E-state index is 14.5. The highest BCUT2D eigenvalue weighted by Crippen LogP contribution is 2.40. The molecular formula is C16H14FN3O2. The Balaban J connectivity index is 2.21. The molecule has 1 unspecified atom stereocenters. The zero-order valence-corrected chi connectivity index (χ0v) is 12.0. The van der Waals surface area contributed by atoms with Crippen LogP contribution in [0.15, 0.2) is 30.7 Å². The first-order valence-electron chi connectivity index (χ1n) is 7.02. The predicted molar refractivity (Wildman–Crippen MR) is 75.4 cm³/mol. The van der Waals surface area contributed by atoms with Crippen LogP contribution in [0, 0.1) is 17.1 Å². The molecule has 2 heterocycles. The van der Waals surface area contributed by atoms with Crippen molar-refractivity contribution < 1.29 is 13.9 Å². The van der Waals surface area contributed by atoms with Crippen molar-refractivity contribution in [2.75, 3.05) is 6.61 Å². The van der Waals surface area contributed by atoms with E-state index in [0.717, 1.165) is 11.8 Å². The Kier molecular flexibility index (Phi) is 3.41. The Morgan fingerprint density at radius 3 is 3.09 bits per heavy atom. The van der Waals surface area contributed by atoms with E-state index in [-0.39, 0.29) is 17.7 Å². The molecule has 0 N–H and O–H groups in total. The lowest BCUT2D eigenvalue weighted by molar-refractivity contribution is -0.151. The lowest BCUT2D eigenvalue weighted by Gasteiger charge is -2.29. The first kappa shape index (κ1) is 14.3. The fourth-order valence-electron chi connectivity index (χ4n) is 3.03. The van der Waals surface area contributed by atoms with E-state index in [1.54, 1.807) is 17.7 Å². The summed E-state index contributed by atoms with van der Waals surface area (Å²) < 4.78 is 21.4. The van der Waals surface area contributed by atoms with Crippen LogP contribution in [0.5, 0.6) is 0 Å². The number of esters is 1. The van der Waals surface area contributed by atoms with Gasteiger partial charge < -0.3 is 9.30 Å². The van der Waals surface area contributed by atoms with Crippen molar-refractivity contribution in [2.24, 2.45) is 0 Å². The average molecular weight is 299 g/mol. The second-order valence-electron chi connectivity index (χ2n) is 5.14. The van der Waals surface area contributed by atoms with Crippen molar-refractivity contribution in [3.05, 3.63) is 53.4 Å². The van der Waals surface area contributed by atoms with Gasteiger partial charge in [-0.1, -0.05) is 6.07 Å². The molecule has 0 spiro atoms. The Bertz CT molecular complexity index is 778. The average Bonchev–Trinajstić information content (AvgIpc) is 3.10. The van der Waals surface area contributed by atoms with E-state index < -0.39 is 17.3 Å². The van der Waals surface area contributed by atoms with E-state index in [2.05, 4.69) is 4.98 Å². The minimum absolute atomic E-state index is 0.210. The number of nitrogens with zero attached hydrogens (tertiary/aromatic N) is 3. The number of benzene rings is 1. The van der Waals surface area contributed by atoms with Gasteiger partial charge in [0.15, 0.2) is 5.54 Å². The van der Waals surface area contributed by atoms with Crippen molar-refractivity contribution in [1.29, 1.82) is 5.26 Å². The molecule has 0 saturated heterocycles. The standard InChI is InChI=1S/C16H14FN3O2/c1-2-22-15(21)16(6-5-12-9-19-10-20(12)16)13-4-3-11(8-18)7-14(13)17/h3-4,7,9-10H,2,5-6H2,1H3. The van der Waals surface area contributed by atoms with Crippen LogP contribution in [0.2, 0.25) is 0 Å². The minimum atomic E-state index is -1.25. The highest BCUT2D eigenvalue weighted by atomic mass is 19.1. The number of halogens is 1. The molecule has 22 heavy (non-hydrogen) atoms. The Morgan fingerprint density at radius 1 is 1.59 bits per heavy atom. The van der Waals surface area contributed by atoms with Crippen molar-refractivity contribution in [3.63, 3.8) is 0 Å². The van der Waals surface area contributed by atoms with E-state index in [0.29, 0.717) is 12.8 Å². The summed E-state index contributed by atoms with van der Waals surface area (Å²) >= 11 is 0. The maximum Gasteiger partial charge on any atom is 0.337 e. The van der Waals surface area contributed by atoms with Crippen LogP contribution in [0.25, 0.3) is 0 Å². The van der Waals surface area contributed by atoms with Crippen LogP contribution in [-0.4, -0.2) is 22.1 Å². The lowest BCUT2D eigenvalue weighted by atomic mass is 9.86.